The molecule has 5 rings (SSSR count). The van der Waals surface area contributed by atoms with E-state index in [2.05, 4.69) is 10.00 Å². The van der Waals surface area contributed by atoms with Crippen LogP contribution in [-0.4, -0.2) is 48.7 Å². The van der Waals surface area contributed by atoms with E-state index in [0.29, 0.717) is 53.1 Å². The maximum Gasteiger partial charge on any atom is 0.277 e. The number of hydrogen-bond acceptors (Lipinski definition) is 6. The van der Waals surface area contributed by atoms with Gasteiger partial charge < -0.3 is 4.90 Å². The molecule has 3 heterocycles. The van der Waals surface area contributed by atoms with Gasteiger partial charge in [-0.1, -0.05) is 53.6 Å². The van der Waals surface area contributed by atoms with Crippen LogP contribution >= 0.6 is 22.9 Å². The van der Waals surface area contributed by atoms with Crippen molar-refractivity contribution in [3.05, 3.63) is 104 Å². The standard InChI is InChI=1S/C26H25ClN4O3S2/c1-19-7-9-20(10-8-19)16-23-24(18-28-31(26(23)32)22-5-2-4-21(27)17-22)29-11-13-30(14-12-29)36(33,34)25-6-3-15-35-25/h2-10,15,17-18H,11-14,16H2,1H3. The topological polar surface area (TPSA) is 75.5 Å². The average Bonchev–Trinajstić information content (AvgIpc) is 3.43. The second kappa shape index (κ2) is 10.2. The van der Waals surface area contributed by atoms with E-state index in [9.17, 15) is 13.2 Å². The maximum atomic E-state index is 13.7. The van der Waals surface area contributed by atoms with Crippen molar-refractivity contribution in [3.8, 4) is 5.69 Å². The van der Waals surface area contributed by atoms with Gasteiger partial charge in [-0.3, -0.25) is 4.79 Å². The molecule has 1 fully saturated rings. The number of anilines is 1. The minimum absolute atomic E-state index is 0.219. The molecule has 1 saturated heterocycles. The minimum atomic E-state index is -3.51. The predicted octanol–water partition coefficient (Wildman–Crippen LogP) is 4.36. The summed E-state index contributed by atoms with van der Waals surface area (Å²) in [6.07, 6.45) is 2.14. The Balaban J connectivity index is 1.48. The molecular weight excluding hydrogens is 516 g/mol. The molecular formula is C26H25ClN4O3S2. The third kappa shape index (κ3) is 4.97. The Labute approximate surface area is 219 Å². The molecule has 0 N–H and O–H groups in total. The SMILES string of the molecule is Cc1ccc(Cc2c(N3CCN(S(=O)(=O)c4cccs4)CC3)cnn(-c3cccc(Cl)c3)c2=O)cc1. The van der Waals surface area contributed by atoms with Crippen LogP contribution in [0.1, 0.15) is 16.7 Å². The van der Waals surface area contributed by atoms with Crippen molar-refractivity contribution in [2.75, 3.05) is 31.1 Å². The van der Waals surface area contributed by atoms with E-state index in [-0.39, 0.29) is 5.56 Å². The van der Waals surface area contributed by atoms with Crippen LogP contribution in [0.2, 0.25) is 5.02 Å². The van der Waals surface area contributed by atoms with Gasteiger partial charge in [0, 0.05) is 43.2 Å². The largest absolute Gasteiger partial charge is 0.367 e. The van der Waals surface area contributed by atoms with E-state index in [1.165, 1.54) is 20.3 Å². The molecule has 7 nitrogen and oxygen atoms in total. The lowest BCUT2D eigenvalue weighted by atomic mass is 10.0. The summed E-state index contributed by atoms with van der Waals surface area (Å²) in [4.78, 5) is 15.8. The smallest absolute Gasteiger partial charge is 0.277 e. The highest BCUT2D eigenvalue weighted by atomic mass is 35.5. The van der Waals surface area contributed by atoms with Gasteiger partial charge in [-0.25, -0.2) is 8.42 Å². The zero-order chi connectivity index (χ0) is 25.3. The van der Waals surface area contributed by atoms with E-state index in [1.807, 2.05) is 31.2 Å². The quantitative estimate of drug-likeness (QED) is 0.363. The zero-order valence-corrected chi connectivity index (χ0v) is 22.1. The lowest BCUT2D eigenvalue weighted by Gasteiger charge is -2.35. The molecule has 0 bridgehead atoms. The van der Waals surface area contributed by atoms with Gasteiger partial charge in [0.05, 0.1) is 17.6 Å². The number of aromatic nitrogens is 2. The summed E-state index contributed by atoms with van der Waals surface area (Å²) in [7, 11) is -3.51. The second-order valence-corrected chi connectivity index (χ2v) is 12.2. The number of hydrogen-bond donors (Lipinski definition) is 0. The van der Waals surface area contributed by atoms with Gasteiger partial charge in [0.1, 0.15) is 4.21 Å². The van der Waals surface area contributed by atoms with Crippen LogP contribution in [-0.2, 0) is 16.4 Å². The first kappa shape index (κ1) is 24.7. The fourth-order valence-corrected chi connectivity index (χ4v) is 7.08. The molecule has 36 heavy (non-hydrogen) atoms. The van der Waals surface area contributed by atoms with Crippen molar-refractivity contribution in [1.82, 2.24) is 14.1 Å². The average molecular weight is 541 g/mol. The van der Waals surface area contributed by atoms with E-state index >= 15 is 0 Å². The number of aryl methyl sites for hydroxylation is 1. The Morgan fingerprint density at radius 1 is 1.00 bits per heavy atom. The summed E-state index contributed by atoms with van der Waals surface area (Å²) in [6, 6.07) is 18.5. The summed E-state index contributed by atoms with van der Waals surface area (Å²) >= 11 is 7.39. The van der Waals surface area contributed by atoms with Crippen LogP contribution < -0.4 is 10.5 Å². The summed E-state index contributed by atoms with van der Waals surface area (Å²) in [6.45, 7) is 3.63. The monoisotopic (exact) mass is 540 g/mol. The van der Waals surface area contributed by atoms with E-state index in [4.69, 9.17) is 11.6 Å². The Morgan fingerprint density at radius 3 is 2.42 bits per heavy atom. The fraction of sp³-hybridized carbons (Fsp3) is 0.231. The number of piperazine rings is 1. The molecule has 186 valence electrons. The van der Waals surface area contributed by atoms with Gasteiger partial charge in [0.2, 0.25) is 0 Å². The third-order valence-electron chi connectivity index (χ3n) is 6.28. The highest BCUT2D eigenvalue weighted by Crippen LogP contribution is 2.26. The third-order valence-corrected chi connectivity index (χ3v) is 9.78. The fourth-order valence-electron chi connectivity index (χ4n) is 4.33. The molecule has 1 aliphatic rings. The van der Waals surface area contributed by atoms with Crippen LogP contribution in [0.3, 0.4) is 0 Å². The van der Waals surface area contributed by atoms with Crippen molar-refractivity contribution in [2.45, 2.75) is 17.6 Å². The van der Waals surface area contributed by atoms with Crippen LogP contribution in [0.5, 0.6) is 0 Å². The lowest BCUT2D eigenvalue weighted by molar-refractivity contribution is 0.385. The maximum absolute atomic E-state index is 13.7. The number of rotatable bonds is 6. The van der Waals surface area contributed by atoms with E-state index < -0.39 is 10.0 Å². The van der Waals surface area contributed by atoms with Crippen LogP contribution in [0.25, 0.3) is 5.69 Å². The van der Waals surface area contributed by atoms with Gasteiger partial charge in [0.15, 0.2) is 0 Å². The van der Waals surface area contributed by atoms with Crippen molar-refractivity contribution in [1.29, 1.82) is 0 Å². The number of thiophene rings is 1. The molecule has 2 aromatic heterocycles. The molecule has 1 aliphatic heterocycles. The summed E-state index contributed by atoms with van der Waals surface area (Å²) in [5, 5.41) is 6.75. The zero-order valence-electron chi connectivity index (χ0n) is 19.7. The van der Waals surface area contributed by atoms with Crippen LogP contribution in [0, 0.1) is 6.92 Å². The molecule has 4 aromatic rings. The number of halogens is 1. The first-order valence-corrected chi connectivity index (χ1v) is 14.2. The van der Waals surface area contributed by atoms with Crippen molar-refractivity contribution >= 4 is 38.6 Å². The van der Waals surface area contributed by atoms with Gasteiger partial charge in [-0.15, -0.1) is 11.3 Å². The van der Waals surface area contributed by atoms with Crippen molar-refractivity contribution in [2.24, 2.45) is 0 Å². The highest BCUT2D eigenvalue weighted by molar-refractivity contribution is 7.91. The molecule has 2 aromatic carbocycles. The molecule has 0 aliphatic carbocycles. The van der Waals surface area contributed by atoms with Crippen molar-refractivity contribution in [3.63, 3.8) is 0 Å². The van der Waals surface area contributed by atoms with Crippen LogP contribution in [0.4, 0.5) is 5.69 Å². The molecule has 0 radical (unpaired) electrons. The number of sulfonamides is 1. The van der Waals surface area contributed by atoms with Gasteiger partial charge in [-0.05, 0) is 42.1 Å². The number of benzene rings is 2. The van der Waals surface area contributed by atoms with Crippen molar-refractivity contribution < 1.29 is 8.42 Å². The first-order valence-electron chi connectivity index (χ1n) is 11.5. The molecule has 0 atom stereocenters. The van der Waals surface area contributed by atoms with Gasteiger partial charge in [-0.2, -0.15) is 14.1 Å². The Morgan fingerprint density at radius 2 is 1.75 bits per heavy atom. The highest BCUT2D eigenvalue weighted by Gasteiger charge is 2.30. The molecule has 0 spiro atoms. The predicted molar refractivity (Wildman–Crippen MR) is 144 cm³/mol. The van der Waals surface area contributed by atoms with Crippen LogP contribution in [0.15, 0.2) is 81.2 Å². The Kier molecular flexibility index (Phi) is 6.98. The second-order valence-electron chi connectivity index (χ2n) is 8.69. The Hall–Kier alpha value is -2.98. The summed E-state index contributed by atoms with van der Waals surface area (Å²) in [5.41, 5.74) is 3.88. The molecule has 0 unspecified atom stereocenters. The molecule has 0 amide bonds. The first-order chi connectivity index (χ1) is 17.3. The normalized spacial score (nSPS) is 14.8. The molecule has 0 saturated carbocycles. The Bertz CT molecular complexity index is 1530. The van der Waals surface area contributed by atoms with E-state index in [0.717, 1.165) is 16.8 Å². The number of nitrogens with zero attached hydrogens (tertiary/aromatic N) is 4. The summed E-state index contributed by atoms with van der Waals surface area (Å²) < 4.78 is 29.1. The minimum Gasteiger partial charge on any atom is -0.367 e. The lowest BCUT2D eigenvalue weighted by Crippen LogP contribution is -2.49. The molecule has 10 heteroatoms. The van der Waals surface area contributed by atoms with Gasteiger partial charge >= 0.3 is 0 Å². The summed E-state index contributed by atoms with van der Waals surface area (Å²) in [5.74, 6) is 0. The van der Waals surface area contributed by atoms with Gasteiger partial charge in [0.25, 0.3) is 15.6 Å². The van der Waals surface area contributed by atoms with E-state index in [1.54, 1.807) is 48.0 Å².